The van der Waals surface area contributed by atoms with Gasteiger partial charge in [-0.1, -0.05) is 36.4 Å². The van der Waals surface area contributed by atoms with Gasteiger partial charge in [0.2, 0.25) is 0 Å². The zero-order chi connectivity index (χ0) is 18.6. The van der Waals surface area contributed by atoms with Crippen molar-refractivity contribution in [1.29, 1.82) is 0 Å². The van der Waals surface area contributed by atoms with E-state index in [0.29, 0.717) is 17.1 Å². The minimum atomic E-state index is -0.865. The predicted octanol–water partition coefficient (Wildman–Crippen LogP) is 2.95. The Bertz CT molecular complexity index is 944. The number of carbonyl (C=O) groups excluding carboxylic acids is 1. The monoisotopic (exact) mass is 363 g/mol. The maximum atomic E-state index is 11.2. The van der Waals surface area contributed by atoms with Crippen LogP contribution < -0.4 is 15.8 Å². The lowest BCUT2D eigenvalue weighted by molar-refractivity contribution is 0.174. The highest BCUT2D eigenvalue weighted by atomic mass is 16.5. The van der Waals surface area contributed by atoms with Gasteiger partial charge in [-0.25, -0.2) is 14.8 Å². The number of hydrogen-bond acceptors (Lipinski definition) is 6. The first-order chi connectivity index (χ1) is 13.2. The summed E-state index contributed by atoms with van der Waals surface area (Å²) in [6.45, 7) is 3.13. The lowest BCUT2D eigenvalue weighted by Gasteiger charge is -2.34. The van der Waals surface area contributed by atoms with Gasteiger partial charge in [-0.3, -0.25) is 0 Å². The molecule has 0 unspecified atom stereocenters. The predicted molar refractivity (Wildman–Crippen MR) is 104 cm³/mol. The first-order valence-corrected chi connectivity index (χ1v) is 8.95. The summed E-state index contributed by atoms with van der Waals surface area (Å²) >= 11 is 0. The number of benzene rings is 2. The van der Waals surface area contributed by atoms with Gasteiger partial charge in [0.1, 0.15) is 17.7 Å². The molecule has 138 valence electrons. The SMILES string of the molecule is NC(=O)Oc1cccc2c(N[C@H](CN3CCC3)c3ccccc3)ncnc12. The van der Waals surface area contributed by atoms with Crippen molar-refractivity contribution in [3.05, 3.63) is 60.4 Å². The first-order valence-electron chi connectivity index (χ1n) is 8.95. The van der Waals surface area contributed by atoms with Crippen LogP contribution in [0.2, 0.25) is 0 Å². The Morgan fingerprint density at radius 1 is 1.15 bits per heavy atom. The van der Waals surface area contributed by atoms with Gasteiger partial charge in [-0.15, -0.1) is 0 Å². The maximum absolute atomic E-state index is 11.2. The summed E-state index contributed by atoms with van der Waals surface area (Å²) in [7, 11) is 0. The van der Waals surface area contributed by atoms with Crippen molar-refractivity contribution in [3.8, 4) is 5.75 Å². The van der Waals surface area contributed by atoms with Crippen molar-refractivity contribution >= 4 is 22.8 Å². The molecule has 2 heterocycles. The number of likely N-dealkylation sites (tertiary alicyclic amines) is 1. The highest BCUT2D eigenvalue weighted by Gasteiger charge is 2.21. The topological polar surface area (TPSA) is 93.4 Å². The third-order valence-corrected chi connectivity index (χ3v) is 4.74. The van der Waals surface area contributed by atoms with Gasteiger partial charge in [0.05, 0.1) is 6.04 Å². The van der Waals surface area contributed by atoms with Crippen LogP contribution in [0, 0.1) is 0 Å². The molecular weight excluding hydrogens is 342 g/mol. The standard InChI is InChI=1S/C20H21N5O2/c21-20(26)27-17-9-4-8-15-18(17)22-13-23-19(15)24-16(12-25-10-5-11-25)14-6-2-1-3-7-14/h1-4,6-9,13,16H,5,10-12H2,(H2,21,26)(H,22,23,24)/t16-/m1/s1. The zero-order valence-corrected chi connectivity index (χ0v) is 14.8. The molecule has 4 rings (SSSR count). The van der Waals surface area contributed by atoms with Gasteiger partial charge in [-0.05, 0) is 37.2 Å². The third-order valence-electron chi connectivity index (χ3n) is 4.74. The van der Waals surface area contributed by atoms with Crippen LogP contribution in [0.3, 0.4) is 0 Å². The lowest BCUT2D eigenvalue weighted by atomic mass is 10.0. The average Bonchev–Trinajstić information content (AvgIpc) is 2.64. The molecule has 1 aromatic heterocycles. The number of nitrogens with two attached hydrogens (primary N) is 1. The number of fused-ring (bicyclic) bond motifs is 1. The molecule has 2 aromatic carbocycles. The van der Waals surface area contributed by atoms with Crippen molar-refractivity contribution in [3.63, 3.8) is 0 Å². The summed E-state index contributed by atoms with van der Waals surface area (Å²) in [5, 5.41) is 4.33. The second kappa shape index (κ2) is 7.59. The van der Waals surface area contributed by atoms with Gasteiger partial charge in [0.25, 0.3) is 0 Å². The van der Waals surface area contributed by atoms with Crippen molar-refractivity contribution in [1.82, 2.24) is 14.9 Å². The van der Waals surface area contributed by atoms with Crippen LogP contribution in [0.4, 0.5) is 10.6 Å². The molecule has 1 amide bonds. The van der Waals surface area contributed by atoms with Crippen molar-refractivity contribution in [2.75, 3.05) is 25.0 Å². The fourth-order valence-corrected chi connectivity index (χ4v) is 3.27. The summed E-state index contributed by atoms with van der Waals surface area (Å²) in [4.78, 5) is 22.3. The molecule has 1 aliphatic rings. The molecule has 0 radical (unpaired) electrons. The quantitative estimate of drug-likeness (QED) is 0.699. The van der Waals surface area contributed by atoms with E-state index in [9.17, 15) is 4.79 Å². The van der Waals surface area contributed by atoms with E-state index in [1.807, 2.05) is 24.3 Å². The highest BCUT2D eigenvalue weighted by Crippen LogP contribution is 2.30. The molecule has 27 heavy (non-hydrogen) atoms. The minimum Gasteiger partial charge on any atom is -0.408 e. The number of nitrogens with one attached hydrogen (secondary N) is 1. The summed E-state index contributed by atoms with van der Waals surface area (Å²) in [6, 6.07) is 15.8. The minimum absolute atomic E-state index is 0.0883. The van der Waals surface area contributed by atoms with Crippen LogP contribution in [-0.4, -0.2) is 40.6 Å². The van der Waals surface area contributed by atoms with E-state index in [1.54, 1.807) is 12.1 Å². The van der Waals surface area contributed by atoms with Crippen LogP contribution in [0.15, 0.2) is 54.9 Å². The van der Waals surface area contributed by atoms with Gasteiger partial charge in [0.15, 0.2) is 5.75 Å². The smallest absolute Gasteiger partial charge is 0.408 e. The van der Waals surface area contributed by atoms with Crippen LogP contribution >= 0.6 is 0 Å². The molecule has 7 heteroatoms. The Balaban J connectivity index is 1.68. The molecule has 0 aliphatic carbocycles. The second-order valence-corrected chi connectivity index (χ2v) is 6.56. The van der Waals surface area contributed by atoms with Gasteiger partial charge in [0, 0.05) is 11.9 Å². The molecule has 1 aliphatic heterocycles. The number of aromatic nitrogens is 2. The third kappa shape index (κ3) is 3.83. The van der Waals surface area contributed by atoms with Crippen molar-refractivity contribution < 1.29 is 9.53 Å². The van der Waals surface area contributed by atoms with E-state index >= 15 is 0 Å². The zero-order valence-electron chi connectivity index (χ0n) is 14.8. The largest absolute Gasteiger partial charge is 0.410 e. The van der Waals surface area contributed by atoms with Crippen LogP contribution in [0.25, 0.3) is 10.9 Å². The van der Waals surface area contributed by atoms with Gasteiger partial charge < -0.3 is 20.7 Å². The molecule has 7 nitrogen and oxygen atoms in total. The highest BCUT2D eigenvalue weighted by molar-refractivity contribution is 5.94. The number of rotatable bonds is 6. The fraction of sp³-hybridized carbons (Fsp3) is 0.250. The number of anilines is 1. The van der Waals surface area contributed by atoms with Crippen LogP contribution in [0.1, 0.15) is 18.0 Å². The summed E-state index contributed by atoms with van der Waals surface area (Å²) in [6.07, 6.45) is 1.84. The molecule has 0 saturated carbocycles. The lowest BCUT2D eigenvalue weighted by Crippen LogP contribution is -2.41. The molecule has 1 atom stereocenters. The second-order valence-electron chi connectivity index (χ2n) is 6.56. The molecule has 1 fully saturated rings. The molecule has 3 N–H and O–H groups in total. The summed E-state index contributed by atoms with van der Waals surface area (Å²) < 4.78 is 5.08. The van der Waals surface area contributed by atoms with Gasteiger partial charge >= 0.3 is 6.09 Å². The summed E-state index contributed by atoms with van der Waals surface area (Å²) in [5.74, 6) is 1.02. The van der Waals surface area contributed by atoms with Crippen molar-refractivity contribution in [2.45, 2.75) is 12.5 Å². The van der Waals surface area contributed by atoms with Crippen LogP contribution in [0.5, 0.6) is 5.75 Å². The Morgan fingerprint density at radius 2 is 1.96 bits per heavy atom. The van der Waals surface area contributed by atoms with Gasteiger partial charge in [-0.2, -0.15) is 0 Å². The van der Waals surface area contributed by atoms with E-state index in [1.165, 1.54) is 18.3 Å². The average molecular weight is 363 g/mol. The molecule has 0 bridgehead atoms. The molecule has 1 saturated heterocycles. The van der Waals surface area contributed by atoms with E-state index in [4.69, 9.17) is 10.5 Å². The first kappa shape index (κ1) is 17.2. The number of primary amides is 1. The number of hydrogen-bond donors (Lipinski definition) is 2. The number of carbonyl (C=O) groups is 1. The normalized spacial score (nSPS) is 15.1. The molecule has 0 spiro atoms. The Kier molecular flexibility index (Phi) is 4.84. The van der Waals surface area contributed by atoms with E-state index < -0.39 is 6.09 Å². The van der Waals surface area contributed by atoms with E-state index in [-0.39, 0.29) is 6.04 Å². The fourth-order valence-electron chi connectivity index (χ4n) is 3.27. The van der Waals surface area contributed by atoms with Crippen molar-refractivity contribution in [2.24, 2.45) is 5.73 Å². The Hall–Kier alpha value is -3.19. The number of amides is 1. The Morgan fingerprint density at radius 3 is 2.67 bits per heavy atom. The van der Waals surface area contributed by atoms with Crippen LogP contribution in [-0.2, 0) is 0 Å². The number of ether oxygens (including phenoxy) is 1. The number of para-hydroxylation sites is 1. The maximum Gasteiger partial charge on any atom is 0.410 e. The molecular formula is C20H21N5O2. The van der Waals surface area contributed by atoms with E-state index in [2.05, 4.69) is 32.3 Å². The Labute approximate surface area is 157 Å². The van der Waals surface area contributed by atoms with E-state index in [0.717, 1.165) is 25.0 Å². The number of nitrogens with zero attached hydrogens (tertiary/aromatic N) is 3. The molecule has 3 aromatic rings. The summed E-state index contributed by atoms with van der Waals surface area (Å²) in [5.41, 5.74) is 6.90.